The summed E-state index contributed by atoms with van der Waals surface area (Å²) in [5.74, 6) is -1.57. The molecule has 1 saturated heterocycles. The molecule has 11 heteroatoms. The number of hydrogen-bond donors (Lipinski definition) is 0. The third-order valence-corrected chi connectivity index (χ3v) is 5.85. The van der Waals surface area contributed by atoms with E-state index in [2.05, 4.69) is 0 Å². The van der Waals surface area contributed by atoms with E-state index in [9.17, 15) is 19.2 Å². The molecule has 0 saturated carbocycles. The lowest BCUT2D eigenvalue weighted by molar-refractivity contribution is -0.288. The molecule has 0 spiro atoms. The van der Waals surface area contributed by atoms with Gasteiger partial charge in [0.15, 0.2) is 12.2 Å². The van der Waals surface area contributed by atoms with Crippen LogP contribution in [-0.2, 0) is 49.3 Å². The summed E-state index contributed by atoms with van der Waals surface area (Å²) in [5.41, 5.74) is 1.77. The molecule has 1 fully saturated rings. The van der Waals surface area contributed by atoms with Gasteiger partial charge in [0.25, 0.3) is 0 Å². The number of benzene rings is 2. The summed E-state index contributed by atoms with van der Waals surface area (Å²) in [6.07, 6.45) is -5.79. The van der Waals surface area contributed by atoms with Crippen molar-refractivity contribution in [1.82, 2.24) is 0 Å². The van der Waals surface area contributed by atoms with Crippen molar-refractivity contribution in [3.8, 4) is 11.5 Å². The standard InChI is InChI=1S/C30H36O11/c1-17(2)36-24-13-11-22(12-14-24)15-23-9-7-8-10-25(23)40-30-29(39-21(6)34)28(38-20(5)33)27(37-19(4)32)26(41-30)16-35-18(3)31/h7-14,17,26-30H,15-16H2,1-6H3/t26-,27-,28+,29-,30-/m1/s1. The van der Waals surface area contributed by atoms with Gasteiger partial charge in [-0.15, -0.1) is 0 Å². The fourth-order valence-electron chi connectivity index (χ4n) is 4.35. The van der Waals surface area contributed by atoms with E-state index in [0.29, 0.717) is 12.2 Å². The Morgan fingerprint density at radius 2 is 1.34 bits per heavy atom. The van der Waals surface area contributed by atoms with Crippen molar-refractivity contribution in [1.29, 1.82) is 0 Å². The van der Waals surface area contributed by atoms with Gasteiger partial charge in [0.2, 0.25) is 12.4 Å². The van der Waals surface area contributed by atoms with Gasteiger partial charge in [-0.25, -0.2) is 0 Å². The smallest absolute Gasteiger partial charge is 0.303 e. The molecule has 0 radical (unpaired) electrons. The maximum atomic E-state index is 12.1. The third kappa shape index (κ3) is 9.49. The van der Waals surface area contributed by atoms with Crippen LogP contribution in [0.25, 0.3) is 0 Å². The van der Waals surface area contributed by atoms with Crippen LogP contribution in [0.3, 0.4) is 0 Å². The van der Waals surface area contributed by atoms with Crippen LogP contribution in [-0.4, -0.2) is 67.3 Å². The highest BCUT2D eigenvalue weighted by molar-refractivity contribution is 5.68. The molecule has 0 N–H and O–H groups in total. The molecule has 0 aliphatic carbocycles. The Balaban J connectivity index is 1.94. The largest absolute Gasteiger partial charge is 0.491 e. The highest BCUT2D eigenvalue weighted by Gasteiger charge is 2.53. The first-order valence-corrected chi connectivity index (χ1v) is 13.2. The second kappa shape index (κ2) is 14.5. The predicted molar refractivity (Wildman–Crippen MR) is 144 cm³/mol. The normalized spacial score (nSPS) is 21.9. The van der Waals surface area contributed by atoms with Crippen LogP contribution in [0.5, 0.6) is 11.5 Å². The third-order valence-electron chi connectivity index (χ3n) is 5.85. The molecule has 5 atom stereocenters. The summed E-state index contributed by atoms with van der Waals surface area (Å²) in [4.78, 5) is 47.7. The molecule has 222 valence electrons. The summed E-state index contributed by atoms with van der Waals surface area (Å²) in [5, 5.41) is 0. The highest BCUT2D eigenvalue weighted by Crippen LogP contribution is 2.32. The van der Waals surface area contributed by atoms with E-state index in [0.717, 1.165) is 30.7 Å². The first-order chi connectivity index (χ1) is 19.4. The van der Waals surface area contributed by atoms with Crippen LogP contribution in [0.2, 0.25) is 0 Å². The topological polar surface area (TPSA) is 133 Å². The lowest BCUT2D eigenvalue weighted by atomic mass is 9.98. The lowest BCUT2D eigenvalue weighted by Gasteiger charge is -2.44. The van der Waals surface area contributed by atoms with Gasteiger partial charge in [0.05, 0.1) is 6.10 Å². The van der Waals surface area contributed by atoms with Gasteiger partial charge in [0, 0.05) is 34.1 Å². The Bertz CT molecular complexity index is 1210. The van der Waals surface area contributed by atoms with E-state index in [1.54, 1.807) is 12.1 Å². The molecule has 0 bridgehead atoms. The number of para-hydroxylation sites is 1. The fraction of sp³-hybridized carbons (Fsp3) is 0.467. The molecule has 41 heavy (non-hydrogen) atoms. The zero-order valence-electron chi connectivity index (χ0n) is 24.0. The SMILES string of the molecule is CC(=O)OC[C@H]1O[C@@H](Oc2ccccc2Cc2ccc(OC(C)C)cc2)[C@H](OC(C)=O)[C@@H](OC(C)=O)[C@@H]1OC(C)=O. The first kappa shape index (κ1) is 31.4. The molecule has 3 rings (SSSR count). The molecule has 1 heterocycles. The molecule has 0 aromatic heterocycles. The van der Waals surface area contributed by atoms with Gasteiger partial charge < -0.3 is 33.2 Å². The molecule has 2 aromatic carbocycles. The van der Waals surface area contributed by atoms with Crippen molar-refractivity contribution in [2.24, 2.45) is 0 Å². The van der Waals surface area contributed by atoms with Crippen molar-refractivity contribution < 1.29 is 52.3 Å². The minimum absolute atomic E-state index is 0.0524. The van der Waals surface area contributed by atoms with E-state index >= 15 is 0 Å². The van der Waals surface area contributed by atoms with Gasteiger partial charge in [-0.1, -0.05) is 30.3 Å². The summed E-state index contributed by atoms with van der Waals surface area (Å²) < 4.78 is 39.6. The van der Waals surface area contributed by atoms with E-state index in [1.165, 1.54) is 13.8 Å². The summed E-state index contributed by atoms with van der Waals surface area (Å²) in [7, 11) is 0. The summed E-state index contributed by atoms with van der Waals surface area (Å²) >= 11 is 0. The van der Waals surface area contributed by atoms with Gasteiger partial charge in [-0.2, -0.15) is 0 Å². The first-order valence-electron chi connectivity index (χ1n) is 13.2. The van der Waals surface area contributed by atoms with E-state index in [4.69, 9.17) is 33.2 Å². The maximum absolute atomic E-state index is 12.1. The molecule has 1 aliphatic heterocycles. The van der Waals surface area contributed by atoms with Gasteiger partial charge in [0.1, 0.15) is 24.2 Å². The number of rotatable bonds is 11. The van der Waals surface area contributed by atoms with Crippen LogP contribution in [0.4, 0.5) is 0 Å². The van der Waals surface area contributed by atoms with Crippen molar-refractivity contribution in [3.63, 3.8) is 0 Å². The monoisotopic (exact) mass is 572 g/mol. The molecule has 2 aromatic rings. The molecule has 1 aliphatic rings. The van der Waals surface area contributed by atoms with Crippen LogP contribution < -0.4 is 9.47 Å². The van der Waals surface area contributed by atoms with Crippen molar-refractivity contribution in [3.05, 3.63) is 59.7 Å². The second-order valence-electron chi connectivity index (χ2n) is 9.78. The minimum atomic E-state index is -1.32. The Morgan fingerprint density at radius 1 is 0.756 bits per heavy atom. The van der Waals surface area contributed by atoms with Crippen molar-refractivity contribution in [2.45, 2.75) is 84.8 Å². The number of esters is 4. The summed E-state index contributed by atoms with van der Waals surface area (Å²) in [6, 6.07) is 14.9. The van der Waals surface area contributed by atoms with E-state index in [-0.39, 0.29) is 12.7 Å². The zero-order valence-corrected chi connectivity index (χ0v) is 24.0. The Kier molecular flexibility index (Phi) is 11.1. The van der Waals surface area contributed by atoms with Crippen molar-refractivity contribution in [2.75, 3.05) is 6.61 Å². The van der Waals surface area contributed by atoms with Crippen LogP contribution in [0.1, 0.15) is 52.7 Å². The number of ether oxygens (including phenoxy) is 7. The Labute approximate surface area is 238 Å². The average Bonchev–Trinajstić information content (AvgIpc) is 2.87. The highest BCUT2D eigenvalue weighted by atomic mass is 16.7. The molecular weight excluding hydrogens is 536 g/mol. The number of hydrogen-bond acceptors (Lipinski definition) is 11. The summed E-state index contributed by atoms with van der Waals surface area (Å²) in [6.45, 7) is 8.27. The molecule has 0 unspecified atom stereocenters. The molecule has 11 nitrogen and oxygen atoms in total. The molecule has 0 amide bonds. The van der Waals surface area contributed by atoms with E-state index < -0.39 is 54.6 Å². The molecular formula is C30H36O11. The number of carbonyl (C=O) groups excluding carboxylic acids is 4. The van der Waals surface area contributed by atoms with Crippen molar-refractivity contribution >= 4 is 23.9 Å². The lowest BCUT2D eigenvalue weighted by Crippen LogP contribution is -2.63. The van der Waals surface area contributed by atoms with Crippen LogP contribution >= 0.6 is 0 Å². The van der Waals surface area contributed by atoms with Gasteiger partial charge >= 0.3 is 23.9 Å². The van der Waals surface area contributed by atoms with E-state index in [1.807, 2.05) is 50.2 Å². The minimum Gasteiger partial charge on any atom is -0.491 e. The predicted octanol–water partition coefficient (Wildman–Crippen LogP) is 3.53. The van der Waals surface area contributed by atoms with Gasteiger partial charge in [-0.05, 0) is 43.2 Å². The van der Waals surface area contributed by atoms with Gasteiger partial charge in [-0.3, -0.25) is 19.2 Å². The Hall–Kier alpha value is -4.12. The maximum Gasteiger partial charge on any atom is 0.303 e. The quantitative estimate of drug-likeness (QED) is 0.289. The fourth-order valence-corrected chi connectivity index (χ4v) is 4.35. The number of carbonyl (C=O) groups is 4. The average molecular weight is 573 g/mol. The van der Waals surface area contributed by atoms with Crippen LogP contribution in [0.15, 0.2) is 48.5 Å². The zero-order chi connectivity index (χ0) is 30.1. The second-order valence-corrected chi connectivity index (χ2v) is 9.78. The Morgan fingerprint density at radius 3 is 1.93 bits per heavy atom. The van der Waals surface area contributed by atoms with Crippen LogP contribution in [0, 0.1) is 0 Å².